The van der Waals surface area contributed by atoms with E-state index in [2.05, 4.69) is 5.32 Å². The van der Waals surface area contributed by atoms with Crippen molar-refractivity contribution in [2.24, 2.45) is 5.92 Å². The molecule has 0 spiro atoms. The van der Waals surface area contributed by atoms with Crippen LogP contribution in [-0.2, 0) is 39.8 Å². The number of hydrogen-bond acceptors (Lipinski definition) is 12. The van der Waals surface area contributed by atoms with Crippen molar-refractivity contribution < 1.29 is 48.0 Å². The number of fused-ring (bicyclic) bond motifs is 5. The third kappa shape index (κ3) is 9.40. The smallest absolute Gasteiger partial charge is 0.409 e. The van der Waals surface area contributed by atoms with E-state index in [1.807, 2.05) is 19.3 Å². The monoisotopic (exact) mass is 783 g/mol. The Kier molecular flexibility index (Phi) is 14.0. The van der Waals surface area contributed by atoms with Crippen molar-refractivity contribution in [2.45, 2.75) is 95.2 Å². The lowest BCUT2D eigenvalue weighted by atomic mass is 9.83. The molecule has 4 bridgehead atoms. The second kappa shape index (κ2) is 17.5. The Labute approximate surface area is 318 Å². The van der Waals surface area contributed by atoms with E-state index in [4.69, 9.17) is 35.3 Å². The number of anilines is 1. The predicted octanol–water partition coefficient (Wildman–Crippen LogP) is 4.92. The molecule has 0 aliphatic carbocycles. The molecule has 16 heteroatoms. The number of epoxide rings is 1. The minimum Gasteiger partial charge on any atom is -0.495 e. The average molecular weight is 784 g/mol. The van der Waals surface area contributed by atoms with Crippen LogP contribution in [0.1, 0.15) is 52.5 Å². The van der Waals surface area contributed by atoms with Crippen LogP contribution in [0.2, 0.25) is 5.02 Å². The summed E-state index contributed by atoms with van der Waals surface area (Å²) >= 11 is 6.75. The van der Waals surface area contributed by atoms with Crippen molar-refractivity contribution in [3.63, 3.8) is 0 Å². The van der Waals surface area contributed by atoms with Gasteiger partial charge in [0.2, 0.25) is 11.8 Å². The highest BCUT2D eigenvalue weighted by molar-refractivity contribution is 8.76. The molecule has 2 saturated heterocycles. The zero-order valence-corrected chi connectivity index (χ0v) is 33.5. The number of nitrogens with one attached hydrogen (secondary N) is 1. The van der Waals surface area contributed by atoms with Gasteiger partial charge in [0.1, 0.15) is 40.7 Å². The summed E-state index contributed by atoms with van der Waals surface area (Å²) in [6.07, 6.45) is 3.17. The lowest BCUT2D eigenvalue weighted by molar-refractivity contribution is -0.161. The van der Waals surface area contributed by atoms with Crippen LogP contribution in [0.25, 0.3) is 0 Å². The van der Waals surface area contributed by atoms with Gasteiger partial charge < -0.3 is 38.6 Å². The van der Waals surface area contributed by atoms with E-state index >= 15 is 0 Å². The summed E-state index contributed by atoms with van der Waals surface area (Å²) in [6, 6.07) is 2.63. The quantitative estimate of drug-likeness (QED) is 0.151. The van der Waals surface area contributed by atoms with Gasteiger partial charge in [-0.2, -0.15) is 0 Å². The standard InChI is InChI=1S/C36H50ClN3O10S2/c1-20-11-10-12-27(47-8)36(45)19-26(48-34(44)38-36)21(2)32-35(4,50-32)28(49-33(43)22(3)39(5)29(41)13-14-52-51-9)18-30(42)40(6)24-16-23(15-20)17-25(46-7)31(24)37/h10-12,16-17,21-22,26-28,32,45H,13-15,18-19H2,1-9H3,(H,38,44)/b12-10+,20-11+/t21-,22?,26+,27-,28+,32?,35+,36+/m1/s1. The number of halogens is 1. The Morgan fingerprint density at radius 3 is 2.63 bits per heavy atom. The molecule has 0 radical (unpaired) electrons. The highest BCUT2D eigenvalue weighted by Crippen LogP contribution is 2.49. The third-order valence-corrected chi connectivity index (χ3v) is 12.2. The predicted molar refractivity (Wildman–Crippen MR) is 202 cm³/mol. The number of esters is 1. The Hall–Kier alpha value is -2.95. The summed E-state index contributed by atoms with van der Waals surface area (Å²) in [5.74, 6) is -0.916. The lowest BCUT2D eigenvalue weighted by Crippen LogP contribution is -2.63. The van der Waals surface area contributed by atoms with Gasteiger partial charge in [0, 0.05) is 45.7 Å². The molecule has 3 amide bonds. The van der Waals surface area contributed by atoms with Crippen molar-refractivity contribution in [2.75, 3.05) is 45.2 Å². The number of methoxy groups -OCH3 is 2. The third-order valence-electron chi connectivity index (χ3n) is 10.0. The van der Waals surface area contributed by atoms with Crippen LogP contribution < -0.4 is 15.0 Å². The summed E-state index contributed by atoms with van der Waals surface area (Å²) in [5, 5.41) is 14.5. The van der Waals surface area contributed by atoms with Gasteiger partial charge >= 0.3 is 12.1 Å². The number of rotatable bonds is 9. The highest BCUT2D eigenvalue weighted by Gasteiger charge is 2.64. The molecule has 2 unspecified atom stereocenters. The number of hydrogen-bond donors (Lipinski definition) is 2. The van der Waals surface area contributed by atoms with Crippen LogP contribution in [-0.4, -0.2) is 116 Å². The number of alkyl carbamates (subject to hydrolysis) is 1. The summed E-state index contributed by atoms with van der Waals surface area (Å²) in [7, 11) is 9.14. The van der Waals surface area contributed by atoms with Gasteiger partial charge in [-0.15, -0.1) is 0 Å². The maximum absolute atomic E-state index is 14.1. The molecular weight excluding hydrogens is 734 g/mol. The van der Waals surface area contributed by atoms with Gasteiger partial charge in [-0.25, -0.2) is 9.59 Å². The summed E-state index contributed by atoms with van der Waals surface area (Å²) in [6.45, 7) is 7.02. The number of nitrogens with zero attached hydrogens (tertiary/aromatic N) is 2. The van der Waals surface area contributed by atoms with Crippen LogP contribution in [0.3, 0.4) is 0 Å². The number of carbonyl (C=O) groups is 4. The van der Waals surface area contributed by atoms with E-state index in [1.54, 1.807) is 73.7 Å². The summed E-state index contributed by atoms with van der Waals surface area (Å²) in [5.41, 5.74) is -0.884. The first-order chi connectivity index (χ1) is 24.5. The SMILES string of the molecule is COc1cc2cc(c1Cl)N(C)C(=O)C[C@H](OC(=O)C(C)N(C)C(=O)CCSSC)[C@]1(C)OC1[C@H](C)[C@@H]1C[C@@](O)(NC(=O)O1)[C@H](OC)/C=C/C=C(\C)C2. The molecule has 1 aromatic carbocycles. The molecule has 288 valence electrons. The summed E-state index contributed by atoms with van der Waals surface area (Å²) < 4.78 is 29.2. The van der Waals surface area contributed by atoms with Crippen molar-refractivity contribution in [3.8, 4) is 5.75 Å². The first-order valence-electron chi connectivity index (χ1n) is 17.0. The first-order valence-corrected chi connectivity index (χ1v) is 20.1. The maximum atomic E-state index is 14.1. The topological polar surface area (TPSA) is 156 Å². The molecule has 3 heterocycles. The fourth-order valence-corrected chi connectivity index (χ4v) is 8.09. The second-order valence-electron chi connectivity index (χ2n) is 13.6. The fraction of sp³-hybridized carbons (Fsp3) is 0.611. The zero-order chi connectivity index (χ0) is 38.5. The molecule has 3 aliphatic heterocycles. The number of carbonyl (C=O) groups excluding carboxylic acids is 4. The number of benzene rings is 1. The molecule has 13 nitrogen and oxygen atoms in total. The number of likely N-dealkylation sites (N-methyl/N-ethyl adjacent to an activating group) is 1. The molecule has 3 aliphatic rings. The van der Waals surface area contributed by atoms with Crippen LogP contribution in [0.4, 0.5) is 10.5 Å². The number of amides is 3. The minimum atomic E-state index is -1.82. The molecule has 1 aromatic rings. The van der Waals surface area contributed by atoms with Crippen molar-refractivity contribution in [3.05, 3.63) is 46.5 Å². The van der Waals surface area contributed by atoms with Crippen LogP contribution in [0.15, 0.2) is 35.9 Å². The number of ether oxygens (including phenoxy) is 5. The average Bonchev–Trinajstić information content (AvgIpc) is 3.80. The second-order valence-corrected chi connectivity index (χ2v) is 16.7. The van der Waals surface area contributed by atoms with Gasteiger partial charge in [0.05, 0.1) is 25.3 Å². The molecule has 0 aromatic heterocycles. The zero-order valence-electron chi connectivity index (χ0n) is 31.1. The fourth-order valence-electron chi connectivity index (χ4n) is 6.61. The van der Waals surface area contributed by atoms with Gasteiger partial charge in [0.25, 0.3) is 0 Å². The molecule has 2 N–H and O–H groups in total. The van der Waals surface area contributed by atoms with E-state index in [9.17, 15) is 24.3 Å². The van der Waals surface area contributed by atoms with Gasteiger partial charge in [0.15, 0.2) is 5.72 Å². The molecular formula is C36H50ClN3O10S2. The van der Waals surface area contributed by atoms with Gasteiger partial charge in [-0.3, -0.25) is 14.9 Å². The van der Waals surface area contributed by atoms with E-state index in [0.717, 1.165) is 11.1 Å². The summed E-state index contributed by atoms with van der Waals surface area (Å²) in [4.78, 5) is 56.2. The Morgan fingerprint density at radius 2 is 1.98 bits per heavy atom. The number of aliphatic hydroxyl groups is 1. The van der Waals surface area contributed by atoms with Gasteiger partial charge in [-0.05, 0) is 51.1 Å². The first kappa shape index (κ1) is 41.8. The number of allylic oxidation sites excluding steroid dienone is 3. The Balaban J connectivity index is 1.74. The molecule has 52 heavy (non-hydrogen) atoms. The highest BCUT2D eigenvalue weighted by atomic mass is 35.5. The molecule has 2 fully saturated rings. The maximum Gasteiger partial charge on any atom is 0.409 e. The van der Waals surface area contributed by atoms with Crippen LogP contribution >= 0.6 is 33.2 Å². The van der Waals surface area contributed by atoms with Crippen molar-refractivity contribution in [1.82, 2.24) is 10.2 Å². The lowest BCUT2D eigenvalue weighted by Gasteiger charge is -2.42. The van der Waals surface area contributed by atoms with E-state index in [-0.39, 0.29) is 30.2 Å². The normalized spacial score (nSPS) is 31.6. The Bertz CT molecular complexity index is 1580. The largest absolute Gasteiger partial charge is 0.495 e. The Morgan fingerprint density at radius 1 is 1.27 bits per heavy atom. The van der Waals surface area contributed by atoms with Crippen molar-refractivity contribution >= 4 is 62.8 Å². The molecule has 4 rings (SSSR count). The minimum absolute atomic E-state index is 0.0452. The van der Waals surface area contributed by atoms with Crippen molar-refractivity contribution in [1.29, 1.82) is 0 Å². The molecule has 8 atom stereocenters. The van der Waals surface area contributed by atoms with Crippen LogP contribution in [0.5, 0.6) is 5.75 Å². The van der Waals surface area contributed by atoms with E-state index < -0.39 is 65.7 Å². The van der Waals surface area contributed by atoms with Gasteiger partial charge in [-0.1, -0.05) is 63.9 Å². The van der Waals surface area contributed by atoms with Crippen LogP contribution in [0, 0.1) is 5.92 Å². The van der Waals surface area contributed by atoms with E-state index in [1.165, 1.54) is 31.1 Å². The molecule has 0 saturated carbocycles. The van der Waals surface area contributed by atoms with E-state index in [0.29, 0.717) is 23.6 Å².